The Balaban J connectivity index is 1.80. The molecule has 0 aromatic heterocycles. The number of carbonyl (C=O) groups is 1. The summed E-state index contributed by atoms with van der Waals surface area (Å²) in [4.78, 5) is 12.1. The van der Waals surface area contributed by atoms with E-state index in [2.05, 4.69) is 12.2 Å². The van der Waals surface area contributed by atoms with E-state index >= 15 is 0 Å². The van der Waals surface area contributed by atoms with Crippen LogP contribution in [0.15, 0.2) is 0 Å². The van der Waals surface area contributed by atoms with E-state index in [1.807, 2.05) is 0 Å². The molecule has 0 aromatic rings. The number of hydrogen-bond donors (Lipinski definition) is 2. The topological polar surface area (TPSA) is 55.1 Å². The van der Waals surface area contributed by atoms with Crippen LogP contribution in [0.3, 0.4) is 0 Å². The summed E-state index contributed by atoms with van der Waals surface area (Å²) >= 11 is 0. The molecule has 1 amide bonds. The molecular weight excluding hydrogens is 212 g/mol. The molecule has 17 heavy (non-hydrogen) atoms. The number of hydrogen-bond acceptors (Lipinski definition) is 2. The van der Waals surface area contributed by atoms with Gasteiger partial charge >= 0.3 is 0 Å². The van der Waals surface area contributed by atoms with Crippen LogP contribution in [-0.2, 0) is 4.79 Å². The van der Waals surface area contributed by atoms with E-state index in [1.165, 1.54) is 32.1 Å². The van der Waals surface area contributed by atoms with Gasteiger partial charge in [-0.2, -0.15) is 0 Å². The van der Waals surface area contributed by atoms with Crippen LogP contribution in [0.25, 0.3) is 0 Å². The molecule has 98 valence electrons. The van der Waals surface area contributed by atoms with Crippen molar-refractivity contribution in [1.82, 2.24) is 5.32 Å². The van der Waals surface area contributed by atoms with Gasteiger partial charge in [-0.15, -0.1) is 0 Å². The number of nitrogens with two attached hydrogens (primary N) is 1. The molecule has 2 aliphatic carbocycles. The van der Waals surface area contributed by atoms with Crippen LogP contribution >= 0.6 is 0 Å². The van der Waals surface area contributed by atoms with E-state index < -0.39 is 0 Å². The summed E-state index contributed by atoms with van der Waals surface area (Å²) in [5.74, 6) is 0.273. The number of amides is 1. The number of nitrogens with one attached hydrogen (secondary N) is 1. The van der Waals surface area contributed by atoms with Gasteiger partial charge in [-0.1, -0.05) is 26.2 Å². The maximum absolute atomic E-state index is 12.1. The summed E-state index contributed by atoms with van der Waals surface area (Å²) in [6.07, 6.45) is 9.40. The van der Waals surface area contributed by atoms with Crippen molar-refractivity contribution in [3.63, 3.8) is 0 Å². The van der Waals surface area contributed by atoms with Crippen LogP contribution in [0, 0.1) is 11.3 Å². The molecule has 0 aliphatic heterocycles. The molecule has 0 spiro atoms. The molecule has 2 fully saturated rings. The molecule has 3 heteroatoms. The van der Waals surface area contributed by atoms with Crippen LogP contribution < -0.4 is 11.1 Å². The monoisotopic (exact) mass is 238 g/mol. The lowest BCUT2D eigenvalue weighted by molar-refractivity contribution is -0.127. The van der Waals surface area contributed by atoms with Gasteiger partial charge in [0, 0.05) is 12.6 Å². The Bertz CT molecular complexity index is 268. The molecule has 2 atom stereocenters. The molecule has 0 aromatic carbocycles. The molecule has 3 N–H and O–H groups in total. The predicted molar refractivity (Wildman–Crippen MR) is 69.5 cm³/mol. The lowest BCUT2D eigenvalue weighted by Gasteiger charge is -2.42. The Morgan fingerprint density at radius 3 is 2.53 bits per heavy atom. The van der Waals surface area contributed by atoms with Crippen LogP contribution in [0.5, 0.6) is 0 Å². The molecule has 0 radical (unpaired) electrons. The van der Waals surface area contributed by atoms with Gasteiger partial charge in [0.05, 0.1) is 5.92 Å². The third-order valence-corrected chi connectivity index (χ3v) is 4.96. The van der Waals surface area contributed by atoms with E-state index in [0.717, 1.165) is 25.8 Å². The van der Waals surface area contributed by atoms with Crippen molar-refractivity contribution in [1.29, 1.82) is 0 Å². The minimum atomic E-state index is 0.0673. The molecule has 2 rings (SSSR count). The Labute approximate surface area is 105 Å². The fourth-order valence-electron chi connectivity index (χ4n) is 3.22. The molecule has 0 saturated heterocycles. The summed E-state index contributed by atoms with van der Waals surface area (Å²) in [5.41, 5.74) is 6.45. The zero-order chi connectivity index (χ0) is 12.3. The Hall–Kier alpha value is -0.570. The average Bonchev–Trinajstić information content (AvgIpc) is 2.28. The van der Waals surface area contributed by atoms with Crippen molar-refractivity contribution in [3.05, 3.63) is 0 Å². The minimum Gasteiger partial charge on any atom is -0.355 e. The van der Waals surface area contributed by atoms with E-state index in [4.69, 9.17) is 5.73 Å². The average molecular weight is 238 g/mol. The largest absolute Gasteiger partial charge is 0.355 e. The Morgan fingerprint density at radius 1 is 1.29 bits per heavy atom. The SMILES string of the molecule is CCC1(CNC(=O)C2CCCCC2N)CCC1. The Morgan fingerprint density at radius 2 is 2.00 bits per heavy atom. The van der Waals surface area contributed by atoms with Crippen molar-refractivity contribution >= 4 is 5.91 Å². The quantitative estimate of drug-likeness (QED) is 0.789. The second kappa shape index (κ2) is 5.38. The highest BCUT2D eigenvalue weighted by molar-refractivity contribution is 5.79. The maximum Gasteiger partial charge on any atom is 0.224 e. The van der Waals surface area contributed by atoms with Gasteiger partial charge < -0.3 is 11.1 Å². The second-order valence-corrected chi connectivity index (χ2v) is 5.98. The van der Waals surface area contributed by atoms with Gasteiger partial charge in [-0.3, -0.25) is 4.79 Å². The summed E-state index contributed by atoms with van der Waals surface area (Å²) in [6, 6.07) is 0.0858. The van der Waals surface area contributed by atoms with Crippen molar-refractivity contribution in [2.45, 2.75) is 64.3 Å². The first-order valence-electron chi connectivity index (χ1n) is 7.20. The summed E-state index contributed by atoms with van der Waals surface area (Å²) in [6.45, 7) is 3.10. The number of carbonyl (C=O) groups excluding carboxylic acids is 1. The molecule has 0 heterocycles. The van der Waals surface area contributed by atoms with Gasteiger partial charge in [0.2, 0.25) is 5.91 Å². The van der Waals surface area contributed by atoms with Crippen molar-refractivity contribution in [2.75, 3.05) is 6.54 Å². The van der Waals surface area contributed by atoms with Gasteiger partial charge in [-0.05, 0) is 37.5 Å². The predicted octanol–water partition coefficient (Wildman–Crippen LogP) is 2.20. The third kappa shape index (κ3) is 2.82. The third-order valence-electron chi connectivity index (χ3n) is 4.96. The fourth-order valence-corrected chi connectivity index (χ4v) is 3.22. The van der Waals surface area contributed by atoms with Crippen molar-refractivity contribution in [3.8, 4) is 0 Å². The maximum atomic E-state index is 12.1. The Kier molecular flexibility index (Phi) is 4.08. The lowest BCUT2D eigenvalue weighted by Crippen LogP contribution is -2.48. The van der Waals surface area contributed by atoms with Gasteiger partial charge in [0.25, 0.3) is 0 Å². The smallest absolute Gasteiger partial charge is 0.224 e. The van der Waals surface area contributed by atoms with Crippen molar-refractivity contribution in [2.24, 2.45) is 17.1 Å². The molecule has 3 nitrogen and oxygen atoms in total. The van der Waals surface area contributed by atoms with E-state index in [9.17, 15) is 4.79 Å². The van der Waals surface area contributed by atoms with Gasteiger partial charge in [-0.25, -0.2) is 0 Å². The standard InChI is InChI=1S/C14H26N2O/c1-2-14(8-5-9-14)10-16-13(17)11-6-3-4-7-12(11)15/h11-12H,2-10,15H2,1H3,(H,16,17). The molecule has 2 aliphatic rings. The van der Waals surface area contributed by atoms with E-state index in [-0.39, 0.29) is 17.9 Å². The summed E-state index contributed by atoms with van der Waals surface area (Å²) < 4.78 is 0. The molecule has 2 unspecified atom stereocenters. The van der Waals surface area contributed by atoms with Crippen molar-refractivity contribution < 1.29 is 4.79 Å². The van der Waals surface area contributed by atoms with E-state index in [1.54, 1.807) is 0 Å². The first-order chi connectivity index (χ1) is 8.17. The van der Waals surface area contributed by atoms with E-state index in [0.29, 0.717) is 5.41 Å². The van der Waals surface area contributed by atoms with Crippen LogP contribution in [0.2, 0.25) is 0 Å². The fraction of sp³-hybridized carbons (Fsp3) is 0.929. The highest BCUT2D eigenvalue weighted by atomic mass is 16.1. The highest BCUT2D eigenvalue weighted by Gasteiger charge is 2.36. The summed E-state index contributed by atoms with van der Waals surface area (Å²) in [5, 5.41) is 3.16. The minimum absolute atomic E-state index is 0.0673. The first kappa shape index (κ1) is 12.9. The first-order valence-corrected chi connectivity index (χ1v) is 7.20. The molecule has 0 bridgehead atoms. The lowest BCUT2D eigenvalue weighted by atomic mass is 9.67. The normalized spacial score (nSPS) is 31.6. The molecule has 2 saturated carbocycles. The summed E-state index contributed by atoms with van der Waals surface area (Å²) in [7, 11) is 0. The van der Waals surface area contributed by atoms with Gasteiger partial charge in [0.15, 0.2) is 0 Å². The van der Waals surface area contributed by atoms with Gasteiger partial charge in [0.1, 0.15) is 0 Å². The van der Waals surface area contributed by atoms with Crippen LogP contribution in [0.4, 0.5) is 0 Å². The zero-order valence-corrected chi connectivity index (χ0v) is 11.0. The van der Waals surface area contributed by atoms with Crippen LogP contribution in [-0.4, -0.2) is 18.5 Å². The second-order valence-electron chi connectivity index (χ2n) is 5.98. The van der Waals surface area contributed by atoms with Crippen LogP contribution in [0.1, 0.15) is 58.3 Å². The highest BCUT2D eigenvalue weighted by Crippen LogP contribution is 2.43. The number of rotatable bonds is 4. The zero-order valence-electron chi connectivity index (χ0n) is 11.0. The molecular formula is C14H26N2O.